The standard InChI is InChI=1S/C53H99NO5/c1-3-5-7-9-11-13-15-17-18-19-23-27-31-35-39-43-47-53(58)59-48-44-40-36-32-28-24-21-20-22-26-30-34-38-42-46-52(57)54-50(49-55)51(56)45-41-37-33-29-25-16-14-12-10-8-6-4-2/h13,15,18-19,41,45,50-51,55-56H,3-12,14,16-17,20-40,42-44,46-49H2,1-2H3,(H,54,57)/b15-13-,19-18-,45-41+. The Morgan fingerprint density at radius 3 is 1.31 bits per heavy atom. The molecule has 59 heavy (non-hydrogen) atoms. The zero-order chi connectivity index (χ0) is 43.0. The van der Waals surface area contributed by atoms with Crippen LogP contribution in [0.5, 0.6) is 0 Å². The highest BCUT2D eigenvalue weighted by molar-refractivity contribution is 5.76. The van der Waals surface area contributed by atoms with Crippen molar-refractivity contribution in [3.05, 3.63) is 36.5 Å². The molecular formula is C53H99NO5. The zero-order valence-corrected chi connectivity index (χ0v) is 39.2. The second-order valence-corrected chi connectivity index (χ2v) is 17.5. The third-order valence-corrected chi connectivity index (χ3v) is 11.7. The second kappa shape index (κ2) is 48.7. The lowest BCUT2D eigenvalue weighted by Gasteiger charge is -2.20. The van der Waals surface area contributed by atoms with Gasteiger partial charge in [0.15, 0.2) is 0 Å². The van der Waals surface area contributed by atoms with E-state index in [1.165, 1.54) is 173 Å². The minimum Gasteiger partial charge on any atom is -0.466 e. The van der Waals surface area contributed by atoms with Gasteiger partial charge in [-0.05, 0) is 64.2 Å². The summed E-state index contributed by atoms with van der Waals surface area (Å²) in [6.45, 7) is 4.84. The number of nitrogens with one attached hydrogen (secondary N) is 1. The average Bonchev–Trinajstić information content (AvgIpc) is 3.24. The molecule has 1 amide bonds. The van der Waals surface area contributed by atoms with Crippen molar-refractivity contribution >= 4 is 11.9 Å². The lowest BCUT2D eigenvalue weighted by Crippen LogP contribution is -2.45. The number of allylic oxidation sites excluding steroid dienone is 5. The first kappa shape index (κ1) is 57.1. The topological polar surface area (TPSA) is 95.9 Å². The molecule has 0 aliphatic rings. The average molecular weight is 830 g/mol. The Kier molecular flexibility index (Phi) is 47.2. The molecule has 0 aromatic rings. The van der Waals surface area contributed by atoms with E-state index in [0.29, 0.717) is 19.4 Å². The Bertz CT molecular complexity index is 962. The lowest BCUT2D eigenvalue weighted by atomic mass is 10.0. The normalized spacial score (nSPS) is 12.9. The quantitative estimate of drug-likeness (QED) is 0.0323. The molecule has 0 spiro atoms. The minimum atomic E-state index is -0.851. The monoisotopic (exact) mass is 830 g/mol. The van der Waals surface area contributed by atoms with Gasteiger partial charge in [0, 0.05) is 12.8 Å². The summed E-state index contributed by atoms with van der Waals surface area (Å²) in [5.74, 6) is -0.0982. The molecule has 346 valence electrons. The number of esters is 1. The molecular weight excluding hydrogens is 731 g/mol. The number of carbonyl (C=O) groups is 2. The molecule has 0 saturated carbocycles. The van der Waals surface area contributed by atoms with Crippen molar-refractivity contribution < 1.29 is 24.5 Å². The van der Waals surface area contributed by atoms with Gasteiger partial charge in [-0.3, -0.25) is 9.59 Å². The predicted octanol–water partition coefficient (Wildman–Crippen LogP) is 15.3. The Labute approximate surface area is 366 Å². The molecule has 0 radical (unpaired) electrons. The number of hydrogen-bond acceptors (Lipinski definition) is 5. The maximum atomic E-state index is 12.4. The van der Waals surface area contributed by atoms with E-state index in [1.807, 2.05) is 6.08 Å². The minimum absolute atomic E-state index is 0.0176. The maximum absolute atomic E-state index is 12.4. The van der Waals surface area contributed by atoms with Gasteiger partial charge in [-0.15, -0.1) is 0 Å². The van der Waals surface area contributed by atoms with Crippen LogP contribution in [0, 0.1) is 0 Å². The molecule has 0 bridgehead atoms. The molecule has 0 saturated heterocycles. The van der Waals surface area contributed by atoms with Crippen LogP contribution in [0.1, 0.15) is 264 Å². The summed E-state index contributed by atoms with van der Waals surface area (Å²) in [5, 5.41) is 23.0. The molecule has 0 fully saturated rings. The van der Waals surface area contributed by atoms with Crippen LogP contribution in [0.15, 0.2) is 36.5 Å². The molecule has 0 aromatic heterocycles. The van der Waals surface area contributed by atoms with Crippen LogP contribution in [0.4, 0.5) is 0 Å². The van der Waals surface area contributed by atoms with Gasteiger partial charge in [0.25, 0.3) is 0 Å². The van der Waals surface area contributed by atoms with Gasteiger partial charge in [-0.1, -0.05) is 224 Å². The number of hydrogen-bond donors (Lipinski definition) is 3. The number of aliphatic hydroxyl groups is 2. The van der Waals surface area contributed by atoms with Crippen LogP contribution in [0.25, 0.3) is 0 Å². The number of unbranched alkanes of at least 4 members (excludes halogenated alkanes) is 32. The molecule has 0 aliphatic heterocycles. The van der Waals surface area contributed by atoms with Crippen LogP contribution in [0.3, 0.4) is 0 Å². The predicted molar refractivity (Wildman–Crippen MR) is 255 cm³/mol. The number of carbonyl (C=O) groups excluding carboxylic acids is 2. The van der Waals surface area contributed by atoms with Gasteiger partial charge in [-0.25, -0.2) is 0 Å². The highest BCUT2D eigenvalue weighted by Crippen LogP contribution is 2.15. The van der Waals surface area contributed by atoms with E-state index in [1.54, 1.807) is 6.08 Å². The summed E-state index contributed by atoms with van der Waals surface area (Å²) >= 11 is 0. The Balaban J connectivity index is 3.47. The molecule has 6 nitrogen and oxygen atoms in total. The van der Waals surface area contributed by atoms with Gasteiger partial charge in [0.05, 0.1) is 25.4 Å². The molecule has 6 heteroatoms. The third-order valence-electron chi connectivity index (χ3n) is 11.7. The van der Waals surface area contributed by atoms with Crippen molar-refractivity contribution in [1.29, 1.82) is 0 Å². The van der Waals surface area contributed by atoms with Crippen molar-refractivity contribution in [1.82, 2.24) is 5.32 Å². The van der Waals surface area contributed by atoms with Crippen molar-refractivity contribution in [2.24, 2.45) is 0 Å². The van der Waals surface area contributed by atoms with Gasteiger partial charge in [-0.2, -0.15) is 0 Å². The summed E-state index contributed by atoms with van der Waals surface area (Å²) in [4.78, 5) is 24.4. The first-order valence-electron chi connectivity index (χ1n) is 25.8. The molecule has 0 aromatic carbocycles. The first-order valence-corrected chi connectivity index (χ1v) is 25.8. The van der Waals surface area contributed by atoms with E-state index < -0.39 is 12.1 Å². The van der Waals surface area contributed by atoms with Crippen LogP contribution in [0.2, 0.25) is 0 Å². The highest BCUT2D eigenvalue weighted by Gasteiger charge is 2.18. The number of aliphatic hydroxyl groups excluding tert-OH is 2. The van der Waals surface area contributed by atoms with Crippen LogP contribution < -0.4 is 5.32 Å². The van der Waals surface area contributed by atoms with E-state index >= 15 is 0 Å². The van der Waals surface area contributed by atoms with E-state index in [9.17, 15) is 19.8 Å². The van der Waals surface area contributed by atoms with Gasteiger partial charge < -0.3 is 20.3 Å². The van der Waals surface area contributed by atoms with E-state index in [4.69, 9.17) is 4.74 Å². The molecule has 0 heterocycles. The lowest BCUT2D eigenvalue weighted by molar-refractivity contribution is -0.143. The summed E-state index contributed by atoms with van der Waals surface area (Å²) in [5.41, 5.74) is 0. The molecule has 0 rings (SSSR count). The van der Waals surface area contributed by atoms with E-state index in [0.717, 1.165) is 64.2 Å². The molecule has 2 atom stereocenters. The fourth-order valence-electron chi connectivity index (χ4n) is 7.66. The third kappa shape index (κ3) is 45.4. The SMILES string of the molecule is CCCCCC/C=C\C/C=C\CCCCCCCC(=O)OCCCCCCCCCCCCCCCCC(=O)NC(CO)C(O)/C=C/CCCCCCCCCCCC. The molecule has 2 unspecified atom stereocenters. The van der Waals surface area contributed by atoms with Crippen LogP contribution >= 0.6 is 0 Å². The molecule has 0 aliphatic carbocycles. The van der Waals surface area contributed by atoms with Crippen molar-refractivity contribution in [2.75, 3.05) is 13.2 Å². The van der Waals surface area contributed by atoms with Crippen LogP contribution in [-0.4, -0.2) is 47.4 Å². The highest BCUT2D eigenvalue weighted by atomic mass is 16.5. The van der Waals surface area contributed by atoms with Crippen molar-refractivity contribution in [3.63, 3.8) is 0 Å². The van der Waals surface area contributed by atoms with Crippen LogP contribution in [-0.2, 0) is 14.3 Å². The summed E-state index contributed by atoms with van der Waals surface area (Å²) in [6.07, 6.45) is 58.5. The number of amides is 1. The van der Waals surface area contributed by atoms with E-state index in [-0.39, 0.29) is 18.5 Å². The Morgan fingerprint density at radius 2 is 0.847 bits per heavy atom. The number of ether oxygens (including phenoxy) is 1. The van der Waals surface area contributed by atoms with Gasteiger partial charge >= 0.3 is 5.97 Å². The smallest absolute Gasteiger partial charge is 0.305 e. The fraction of sp³-hybridized carbons (Fsp3) is 0.849. The largest absolute Gasteiger partial charge is 0.466 e. The summed E-state index contributed by atoms with van der Waals surface area (Å²) in [7, 11) is 0. The Hall–Kier alpha value is -1.92. The van der Waals surface area contributed by atoms with E-state index in [2.05, 4.69) is 43.5 Å². The zero-order valence-electron chi connectivity index (χ0n) is 39.2. The summed E-state index contributed by atoms with van der Waals surface area (Å²) < 4.78 is 5.46. The first-order chi connectivity index (χ1) is 29.0. The second-order valence-electron chi connectivity index (χ2n) is 17.5. The van der Waals surface area contributed by atoms with Crippen molar-refractivity contribution in [3.8, 4) is 0 Å². The fourth-order valence-corrected chi connectivity index (χ4v) is 7.66. The van der Waals surface area contributed by atoms with Crippen molar-refractivity contribution in [2.45, 2.75) is 276 Å². The number of rotatable bonds is 47. The summed E-state index contributed by atoms with van der Waals surface area (Å²) in [6, 6.07) is -0.635. The Morgan fingerprint density at radius 1 is 0.475 bits per heavy atom. The van der Waals surface area contributed by atoms with Gasteiger partial charge in [0.2, 0.25) is 5.91 Å². The van der Waals surface area contributed by atoms with Gasteiger partial charge in [0.1, 0.15) is 0 Å². The maximum Gasteiger partial charge on any atom is 0.305 e. The molecule has 3 N–H and O–H groups in total.